The maximum atomic E-state index is 14.8. The number of aliphatic imine (C=N–C) groups is 1. The lowest BCUT2D eigenvalue weighted by atomic mass is 9.85. The van der Waals surface area contributed by atoms with E-state index in [4.69, 9.17) is 9.47 Å². The van der Waals surface area contributed by atoms with Gasteiger partial charge in [0.15, 0.2) is 6.10 Å². The highest BCUT2D eigenvalue weighted by atomic mass is 28.3. The van der Waals surface area contributed by atoms with Gasteiger partial charge in [-0.3, -0.25) is 0 Å². The zero-order chi connectivity index (χ0) is 24.5. The molecule has 0 saturated heterocycles. The average molecular weight is 473 g/mol. The summed E-state index contributed by atoms with van der Waals surface area (Å²) < 4.78 is 65.4. The van der Waals surface area contributed by atoms with E-state index in [1.165, 1.54) is 19.1 Å². The Labute approximate surface area is 186 Å². The lowest BCUT2D eigenvalue weighted by Gasteiger charge is -2.36. The van der Waals surface area contributed by atoms with Crippen molar-refractivity contribution in [3.63, 3.8) is 0 Å². The molecule has 1 aromatic rings. The largest absolute Gasteiger partial charge is 0.452 e. The number of alkyl carbamates (subject to hydrolysis) is 1. The van der Waals surface area contributed by atoms with Gasteiger partial charge in [-0.1, -0.05) is 25.6 Å². The van der Waals surface area contributed by atoms with Crippen molar-refractivity contribution < 1.29 is 31.8 Å². The molecule has 1 heterocycles. The number of alkyl halides is 3. The predicted octanol–water partition coefficient (Wildman–Crippen LogP) is 5.50. The number of hydrogen-bond acceptors (Lipinski definition) is 4. The Balaban J connectivity index is 2.50. The predicted molar refractivity (Wildman–Crippen MR) is 116 cm³/mol. The fraction of sp³-hybridized carbons (Fsp3) is 0.545. The molecule has 0 aliphatic carbocycles. The van der Waals surface area contributed by atoms with E-state index in [0.29, 0.717) is 5.56 Å². The summed E-state index contributed by atoms with van der Waals surface area (Å²) in [4.78, 5) is 16.2. The Bertz CT molecular complexity index is 969. The van der Waals surface area contributed by atoms with Gasteiger partial charge in [-0.25, -0.2) is 19.5 Å². The molecule has 0 radical (unpaired) electrons. The van der Waals surface area contributed by atoms with Crippen LogP contribution in [0.2, 0.25) is 19.6 Å². The SMILES string of the molecule is CC(C)(C)OC(=O)NC1=N[C@](C)(c2cc(C#C[Si](C)(C)C)ccc2F)C[C@@H](C(F)(F)F)O1. The molecule has 0 aromatic heterocycles. The van der Waals surface area contributed by atoms with E-state index in [-0.39, 0.29) is 5.56 Å². The van der Waals surface area contributed by atoms with Gasteiger partial charge in [-0.2, -0.15) is 13.2 Å². The number of hydrogen-bond donors (Lipinski definition) is 1. The number of nitrogens with zero attached hydrogens (tertiary/aromatic N) is 1. The van der Waals surface area contributed by atoms with E-state index in [0.717, 1.165) is 6.07 Å². The highest BCUT2D eigenvalue weighted by molar-refractivity contribution is 6.83. The number of amidine groups is 1. The van der Waals surface area contributed by atoms with Crippen molar-refractivity contribution in [1.82, 2.24) is 5.32 Å². The lowest BCUT2D eigenvalue weighted by Crippen LogP contribution is -2.49. The molecule has 1 N–H and O–H groups in total. The number of carbonyl (C=O) groups excluding carboxylic acids is 1. The van der Waals surface area contributed by atoms with Gasteiger partial charge in [0.25, 0.3) is 6.02 Å². The smallest absolute Gasteiger partial charge is 0.425 e. The summed E-state index contributed by atoms with van der Waals surface area (Å²) in [6.45, 7) is 12.3. The Morgan fingerprint density at radius 2 is 1.91 bits per heavy atom. The molecule has 1 aliphatic rings. The maximum absolute atomic E-state index is 14.8. The third-order valence-corrected chi connectivity index (χ3v) is 5.16. The normalized spacial score (nSPS) is 21.6. The van der Waals surface area contributed by atoms with Gasteiger partial charge in [0.1, 0.15) is 19.5 Å². The van der Waals surface area contributed by atoms with Crippen molar-refractivity contribution in [2.24, 2.45) is 4.99 Å². The highest BCUT2D eigenvalue weighted by Crippen LogP contribution is 2.41. The topological polar surface area (TPSA) is 59.9 Å². The molecule has 1 aromatic carbocycles. The summed E-state index contributed by atoms with van der Waals surface area (Å²) in [5.74, 6) is 2.24. The van der Waals surface area contributed by atoms with Crippen LogP contribution in [0.25, 0.3) is 0 Å². The zero-order valence-corrected chi connectivity index (χ0v) is 20.2. The molecule has 1 aliphatic heterocycles. The van der Waals surface area contributed by atoms with Crippen molar-refractivity contribution in [1.29, 1.82) is 0 Å². The van der Waals surface area contributed by atoms with Crippen molar-refractivity contribution in [3.8, 4) is 11.5 Å². The Morgan fingerprint density at radius 1 is 1.28 bits per heavy atom. The summed E-state index contributed by atoms with van der Waals surface area (Å²) in [5.41, 5.74) is 0.993. The van der Waals surface area contributed by atoms with E-state index >= 15 is 0 Å². The van der Waals surface area contributed by atoms with E-state index in [1.807, 2.05) is 19.6 Å². The first-order valence-electron chi connectivity index (χ1n) is 10.0. The first-order valence-corrected chi connectivity index (χ1v) is 13.5. The van der Waals surface area contributed by atoms with Crippen LogP contribution in [0.3, 0.4) is 0 Å². The van der Waals surface area contributed by atoms with Crippen LogP contribution in [0.5, 0.6) is 0 Å². The highest BCUT2D eigenvalue weighted by Gasteiger charge is 2.50. The fourth-order valence-corrected chi connectivity index (χ4v) is 3.43. The second kappa shape index (κ2) is 8.77. The minimum Gasteiger partial charge on any atom is -0.452 e. The summed E-state index contributed by atoms with van der Waals surface area (Å²) >= 11 is 0. The molecule has 176 valence electrons. The van der Waals surface area contributed by atoms with Crippen LogP contribution in [0.4, 0.5) is 22.4 Å². The number of halogens is 4. The molecule has 2 atom stereocenters. The Kier molecular flexibility index (Phi) is 7.05. The molecule has 0 saturated carbocycles. The standard InChI is InChI=1S/C22H28F4N2O3Si/c1-20(2,3)31-19(29)27-18-28-21(4,13-17(30-18)22(24,25)26)15-12-14(8-9-16(15)23)10-11-32(5,6)7/h8-9,12,17H,13H2,1-7H3,(H,27,28,29)/t17-,21-/m0/s1. The van der Waals surface area contributed by atoms with Crippen LogP contribution < -0.4 is 5.32 Å². The molecule has 0 spiro atoms. The summed E-state index contributed by atoms with van der Waals surface area (Å²) in [7, 11) is -1.73. The minimum atomic E-state index is -4.76. The molecule has 0 unspecified atom stereocenters. The number of rotatable bonds is 1. The van der Waals surface area contributed by atoms with Crippen LogP contribution in [-0.4, -0.2) is 38.1 Å². The number of ether oxygens (including phenoxy) is 2. The molecule has 0 fully saturated rings. The summed E-state index contributed by atoms with van der Waals surface area (Å²) in [5, 5.41) is 2.10. The average Bonchev–Trinajstić information content (AvgIpc) is 2.57. The molecule has 10 heteroatoms. The monoisotopic (exact) mass is 472 g/mol. The Morgan fingerprint density at radius 3 is 2.44 bits per heavy atom. The van der Waals surface area contributed by atoms with Crippen LogP contribution in [-0.2, 0) is 15.0 Å². The first kappa shape index (κ1) is 25.7. The maximum Gasteiger partial charge on any atom is 0.425 e. The third kappa shape index (κ3) is 7.26. The number of carbonyl (C=O) groups is 1. The molecular formula is C22H28F4N2O3Si. The summed E-state index contributed by atoms with van der Waals surface area (Å²) in [6, 6.07) is 3.34. The Hall–Kier alpha value is -2.54. The van der Waals surface area contributed by atoms with Gasteiger partial charge in [-0.05, 0) is 45.9 Å². The van der Waals surface area contributed by atoms with E-state index < -0.39 is 55.8 Å². The van der Waals surface area contributed by atoms with Crippen LogP contribution in [0, 0.1) is 17.3 Å². The van der Waals surface area contributed by atoms with E-state index in [1.54, 1.807) is 20.8 Å². The van der Waals surface area contributed by atoms with Crippen molar-refractivity contribution >= 4 is 20.2 Å². The van der Waals surface area contributed by atoms with E-state index in [9.17, 15) is 22.4 Å². The van der Waals surface area contributed by atoms with Crippen LogP contribution in [0.15, 0.2) is 23.2 Å². The molecule has 32 heavy (non-hydrogen) atoms. The molecular weight excluding hydrogens is 444 g/mol. The number of amides is 1. The third-order valence-electron chi connectivity index (χ3n) is 4.29. The summed E-state index contributed by atoms with van der Waals surface area (Å²) in [6.07, 6.45) is -8.76. The van der Waals surface area contributed by atoms with Gasteiger partial charge >= 0.3 is 12.3 Å². The molecule has 2 rings (SSSR count). The molecule has 0 bridgehead atoms. The van der Waals surface area contributed by atoms with Gasteiger partial charge < -0.3 is 9.47 Å². The van der Waals surface area contributed by atoms with Crippen LogP contribution in [0.1, 0.15) is 45.2 Å². The van der Waals surface area contributed by atoms with Gasteiger partial charge in [0, 0.05) is 17.5 Å². The lowest BCUT2D eigenvalue weighted by molar-refractivity contribution is -0.208. The van der Waals surface area contributed by atoms with Crippen molar-refractivity contribution in [2.45, 2.75) is 77.2 Å². The zero-order valence-electron chi connectivity index (χ0n) is 19.2. The quantitative estimate of drug-likeness (QED) is 0.334. The van der Waals surface area contributed by atoms with Crippen molar-refractivity contribution in [3.05, 3.63) is 35.1 Å². The second-order valence-electron chi connectivity index (χ2n) is 9.86. The van der Waals surface area contributed by atoms with Gasteiger partial charge in [0.05, 0.1) is 5.54 Å². The van der Waals surface area contributed by atoms with Gasteiger partial charge in [-0.15, -0.1) is 5.54 Å². The second-order valence-corrected chi connectivity index (χ2v) is 14.6. The van der Waals surface area contributed by atoms with E-state index in [2.05, 4.69) is 21.8 Å². The number of nitrogens with one attached hydrogen (secondary N) is 1. The van der Waals surface area contributed by atoms with Crippen molar-refractivity contribution in [2.75, 3.05) is 0 Å². The first-order chi connectivity index (χ1) is 14.4. The molecule has 5 nitrogen and oxygen atoms in total. The fourth-order valence-electron chi connectivity index (χ4n) is 2.91. The number of benzene rings is 1. The minimum absolute atomic E-state index is 0.0686. The molecule has 1 amide bonds. The van der Waals surface area contributed by atoms with Gasteiger partial charge in [0.2, 0.25) is 0 Å². The van der Waals surface area contributed by atoms with Crippen LogP contribution >= 0.6 is 0 Å².